The monoisotopic (exact) mass is 322 g/mol. The molecule has 1 aliphatic rings. The number of hydrogen-bond donors (Lipinski definition) is 0. The van der Waals surface area contributed by atoms with E-state index in [2.05, 4.69) is 27.5 Å². The highest BCUT2D eigenvalue weighted by Gasteiger charge is 2.26. The molecule has 1 amide bonds. The van der Waals surface area contributed by atoms with E-state index in [1.54, 1.807) is 6.20 Å². The van der Waals surface area contributed by atoms with E-state index < -0.39 is 0 Å². The first kappa shape index (κ1) is 14.3. The number of aromatic nitrogens is 1. The van der Waals surface area contributed by atoms with Crippen LogP contribution >= 0.6 is 15.9 Å². The lowest BCUT2D eigenvalue weighted by molar-refractivity contribution is -0.136. The third kappa shape index (κ3) is 3.24. The van der Waals surface area contributed by atoms with Gasteiger partial charge in [0, 0.05) is 23.1 Å². The molecule has 0 spiro atoms. The summed E-state index contributed by atoms with van der Waals surface area (Å²) in [4.78, 5) is 18.7. The van der Waals surface area contributed by atoms with Crippen LogP contribution < -0.4 is 0 Å². The Balaban J connectivity index is 2.09. The normalized spacial score (nSPS) is 15.8. The molecule has 0 N–H and O–H groups in total. The fourth-order valence-corrected chi connectivity index (χ4v) is 3.07. The van der Waals surface area contributed by atoms with Crippen molar-refractivity contribution in [3.05, 3.63) is 40.1 Å². The molecule has 0 saturated carbocycles. The second kappa shape index (κ2) is 5.87. The highest BCUT2D eigenvalue weighted by Crippen LogP contribution is 2.26. The van der Waals surface area contributed by atoms with Gasteiger partial charge in [0.25, 0.3) is 0 Å². The predicted octanol–water partition coefficient (Wildman–Crippen LogP) is 3.33. The van der Waals surface area contributed by atoms with E-state index in [9.17, 15) is 4.79 Å². The number of amides is 1. The van der Waals surface area contributed by atoms with E-state index in [1.807, 2.05) is 24.8 Å². The van der Waals surface area contributed by atoms with Gasteiger partial charge in [0.15, 0.2) is 0 Å². The zero-order valence-corrected chi connectivity index (χ0v) is 13.0. The van der Waals surface area contributed by atoms with Crippen molar-refractivity contribution < 1.29 is 4.79 Å². The fourth-order valence-electron chi connectivity index (χ4n) is 2.53. The molecule has 1 aromatic heterocycles. The molecule has 1 atom stereocenters. The van der Waals surface area contributed by atoms with Crippen LogP contribution in [0.2, 0.25) is 0 Å². The Morgan fingerprint density at radius 3 is 3.05 bits per heavy atom. The van der Waals surface area contributed by atoms with Gasteiger partial charge >= 0.3 is 0 Å². The third-order valence-corrected chi connectivity index (χ3v) is 4.19. The smallest absolute Gasteiger partial charge is 0.226 e. The number of fused-ring (bicyclic) bond motifs is 1. The van der Waals surface area contributed by atoms with Crippen LogP contribution in [-0.2, 0) is 17.8 Å². The maximum Gasteiger partial charge on any atom is 0.226 e. The molecule has 4 heteroatoms. The van der Waals surface area contributed by atoms with Crippen LogP contribution in [0.1, 0.15) is 31.5 Å². The number of carbonyl (C=O) groups is 1. The largest absolute Gasteiger partial charge is 0.336 e. The molecular weight excluding hydrogens is 304 g/mol. The molecule has 2 heterocycles. The second-order valence-electron chi connectivity index (χ2n) is 5.29. The van der Waals surface area contributed by atoms with Gasteiger partial charge in [0.2, 0.25) is 5.91 Å². The van der Waals surface area contributed by atoms with Gasteiger partial charge in [-0.2, -0.15) is 0 Å². The van der Waals surface area contributed by atoms with Crippen molar-refractivity contribution in [3.8, 4) is 0 Å². The minimum absolute atomic E-state index is 0.00574. The van der Waals surface area contributed by atoms with Gasteiger partial charge < -0.3 is 4.90 Å². The van der Waals surface area contributed by atoms with Gasteiger partial charge in [-0.15, -0.1) is 6.58 Å². The molecule has 2 rings (SSSR count). The molecule has 3 nitrogen and oxygen atoms in total. The molecule has 0 radical (unpaired) electrons. The number of allylic oxidation sites excluding steroid dienone is 1. The number of carbonyl (C=O) groups excluding carboxylic acids is 1. The van der Waals surface area contributed by atoms with E-state index in [0.29, 0.717) is 6.54 Å². The Morgan fingerprint density at radius 2 is 2.37 bits per heavy atom. The standard InChI is InChI=1S/C15H19BrN2O/c1-10(2)8-11(3)15(19)18-7-5-12-13(16)4-6-17-14(12)9-18/h4,6,11H,1,5,7-9H2,2-3H3. The summed E-state index contributed by atoms with van der Waals surface area (Å²) in [6.45, 7) is 9.21. The number of pyridine rings is 1. The minimum Gasteiger partial charge on any atom is -0.336 e. The Labute approximate surface area is 122 Å². The van der Waals surface area contributed by atoms with Gasteiger partial charge in [-0.3, -0.25) is 9.78 Å². The molecule has 0 fully saturated rings. The second-order valence-corrected chi connectivity index (χ2v) is 6.14. The van der Waals surface area contributed by atoms with Crippen LogP contribution in [0.25, 0.3) is 0 Å². The zero-order chi connectivity index (χ0) is 14.0. The van der Waals surface area contributed by atoms with Crippen LogP contribution in [0.4, 0.5) is 0 Å². The Bertz CT molecular complexity index is 513. The van der Waals surface area contributed by atoms with E-state index in [-0.39, 0.29) is 11.8 Å². The molecule has 0 aliphatic carbocycles. The quantitative estimate of drug-likeness (QED) is 0.800. The molecule has 0 bridgehead atoms. The summed E-state index contributed by atoms with van der Waals surface area (Å²) in [6.07, 6.45) is 3.41. The number of hydrogen-bond acceptors (Lipinski definition) is 2. The summed E-state index contributed by atoms with van der Waals surface area (Å²) >= 11 is 3.55. The van der Waals surface area contributed by atoms with E-state index in [1.165, 1.54) is 5.56 Å². The molecule has 19 heavy (non-hydrogen) atoms. The summed E-state index contributed by atoms with van der Waals surface area (Å²) < 4.78 is 1.10. The van der Waals surface area contributed by atoms with Crippen molar-refractivity contribution >= 4 is 21.8 Å². The molecule has 102 valence electrons. The first-order valence-electron chi connectivity index (χ1n) is 6.54. The molecule has 1 unspecified atom stereocenters. The summed E-state index contributed by atoms with van der Waals surface area (Å²) in [5.74, 6) is 0.210. The van der Waals surface area contributed by atoms with Crippen LogP contribution in [0.3, 0.4) is 0 Å². The summed E-state index contributed by atoms with van der Waals surface area (Å²) in [7, 11) is 0. The SMILES string of the molecule is C=C(C)CC(C)C(=O)N1CCc2c(Br)ccnc2C1. The van der Waals surface area contributed by atoms with Gasteiger partial charge in [-0.1, -0.05) is 28.4 Å². The van der Waals surface area contributed by atoms with Gasteiger partial charge in [-0.05, 0) is 31.4 Å². The van der Waals surface area contributed by atoms with Crippen LogP contribution in [0, 0.1) is 5.92 Å². The van der Waals surface area contributed by atoms with Crippen molar-refractivity contribution in [2.24, 2.45) is 5.92 Å². The Morgan fingerprint density at radius 1 is 1.63 bits per heavy atom. The molecule has 1 aromatic rings. The minimum atomic E-state index is 0.00574. The number of halogens is 1. The lowest BCUT2D eigenvalue weighted by Gasteiger charge is -2.30. The zero-order valence-electron chi connectivity index (χ0n) is 11.4. The van der Waals surface area contributed by atoms with Crippen LogP contribution in [0.15, 0.2) is 28.9 Å². The van der Waals surface area contributed by atoms with E-state index >= 15 is 0 Å². The molecule has 0 aromatic carbocycles. The summed E-state index contributed by atoms with van der Waals surface area (Å²) in [5.41, 5.74) is 3.30. The Kier molecular flexibility index (Phi) is 4.40. The fraction of sp³-hybridized carbons (Fsp3) is 0.467. The maximum absolute atomic E-state index is 12.4. The first-order valence-corrected chi connectivity index (χ1v) is 7.33. The van der Waals surface area contributed by atoms with Gasteiger partial charge in [-0.25, -0.2) is 0 Å². The highest BCUT2D eigenvalue weighted by molar-refractivity contribution is 9.10. The summed E-state index contributed by atoms with van der Waals surface area (Å²) in [6, 6.07) is 1.96. The van der Waals surface area contributed by atoms with Gasteiger partial charge in [0.1, 0.15) is 0 Å². The maximum atomic E-state index is 12.4. The van der Waals surface area contributed by atoms with Crippen molar-refractivity contribution in [2.75, 3.05) is 6.54 Å². The van der Waals surface area contributed by atoms with E-state index in [4.69, 9.17) is 0 Å². The number of rotatable bonds is 3. The van der Waals surface area contributed by atoms with Crippen molar-refractivity contribution in [1.82, 2.24) is 9.88 Å². The Hall–Kier alpha value is -1.16. The predicted molar refractivity (Wildman–Crippen MR) is 79.7 cm³/mol. The van der Waals surface area contributed by atoms with Gasteiger partial charge in [0.05, 0.1) is 12.2 Å². The summed E-state index contributed by atoms with van der Waals surface area (Å²) in [5, 5.41) is 0. The van der Waals surface area contributed by atoms with E-state index in [0.717, 1.165) is 35.1 Å². The third-order valence-electron chi connectivity index (χ3n) is 3.45. The highest BCUT2D eigenvalue weighted by atomic mass is 79.9. The average molecular weight is 323 g/mol. The first-order chi connectivity index (χ1) is 8.99. The van der Waals surface area contributed by atoms with Crippen LogP contribution in [0.5, 0.6) is 0 Å². The average Bonchev–Trinajstić information content (AvgIpc) is 2.37. The number of nitrogens with zero attached hydrogens (tertiary/aromatic N) is 2. The van der Waals surface area contributed by atoms with Crippen molar-refractivity contribution in [2.45, 2.75) is 33.2 Å². The lowest BCUT2D eigenvalue weighted by atomic mass is 9.99. The molecule has 0 saturated heterocycles. The van der Waals surface area contributed by atoms with Crippen molar-refractivity contribution in [3.63, 3.8) is 0 Å². The molecular formula is C15H19BrN2O. The molecule has 1 aliphatic heterocycles. The van der Waals surface area contributed by atoms with Crippen molar-refractivity contribution in [1.29, 1.82) is 0 Å². The van der Waals surface area contributed by atoms with Crippen LogP contribution in [-0.4, -0.2) is 22.3 Å². The lowest BCUT2D eigenvalue weighted by Crippen LogP contribution is -2.39. The topological polar surface area (TPSA) is 33.2 Å².